The Hall–Kier alpha value is -6.01. The van der Waals surface area contributed by atoms with E-state index in [-0.39, 0.29) is 16.8 Å². The predicted molar refractivity (Wildman–Crippen MR) is 227 cm³/mol. The van der Waals surface area contributed by atoms with E-state index in [0.717, 1.165) is 17.2 Å². The van der Waals surface area contributed by atoms with Crippen molar-refractivity contribution in [2.24, 2.45) is 33.8 Å². The van der Waals surface area contributed by atoms with Crippen LogP contribution in [0, 0.1) is 30.5 Å². The molecule has 18 heteroatoms. The molecule has 0 spiro atoms. The maximum atomic E-state index is 16.8. The Morgan fingerprint density at radius 1 is 0.609 bits per heavy atom. The highest BCUT2D eigenvalue weighted by Gasteiger charge is 2.71. The molecule has 2 heterocycles. The molecule has 15 nitrogen and oxygen atoms in total. The molecule has 0 radical (unpaired) electrons. The molecule has 4 aliphatic carbocycles. The van der Waals surface area contributed by atoms with Gasteiger partial charge in [-0.3, -0.25) is 19.4 Å². The van der Waals surface area contributed by atoms with E-state index in [2.05, 4.69) is 0 Å². The van der Waals surface area contributed by atoms with Crippen molar-refractivity contribution < 1.29 is 51.4 Å². The fourth-order valence-corrected chi connectivity index (χ4v) is 11.6. The molecule has 4 unspecified atom stereocenters. The number of benzene rings is 3. The minimum Gasteiger partial charge on any atom is -0.375 e. The summed E-state index contributed by atoms with van der Waals surface area (Å²) < 4.78 is 59.2. The number of amides is 4. The number of anilines is 1. The summed E-state index contributed by atoms with van der Waals surface area (Å²) in [5.74, 6) is -7.64. The van der Waals surface area contributed by atoms with Crippen LogP contribution < -0.4 is 27.8 Å². The highest BCUT2D eigenvalue weighted by atomic mass is 19.1. The van der Waals surface area contributed by atoms with Gasteiger partial charge < -0.3 is 37.3 Å². The lowest BCUT2D eigenvalue weighted by Crippen LogP contribution is -2.77. The van der Waals surface area contributed by atoms with Gasteiger partial charge in [-0.2, -0.15) is 0 Å². The van der Waals surface area contributed by atoms with Gasteiger partial charge in [0.15, 0.2) is 0 Å². The normalized spacial score (nSPS) is 25.0. The maximum Gasteiger partial charge on any atom is 0.412 e. The Bertz CT molecular complexity index is 2280. The van der Waals surface area contributed by atoms with Gasteiger partial charge in [-0.15, -0.1) is 0 Å². The van der Waals surface area contributed by atoms with Crippen LogP contribution >= 0.6 is 0 Å². The second-order valence-corrected chi connectivity index (χ2v) is 18.7. The predicted octanol–water partition coefficient (Wildman–Crippen LogP) is 4.41. The van der Waals surface area contributed by atoms with Crippen LogP contribution in [0.1, 0.15) is 85.8 Å². The fraction of sp³-hybridized carbons (Fsp3) is 0.478. The number of hydrogen-bond donors (Lipinski definition) is 4. The third-order valence-electron chi connectivity index (χ3n) is 14.9. The highest BCUT2D eigenvalue weighted by Crippen LogP contribution is 2.56. The maximum absolute atomic E-state index is 16.8. The minimum atomic E-state index is -2.73. The molecule has 2 saturated heterocycles. The number of halogens is 3. The Kier molecular flexibility index (Phi) is 11.6. The lowest BCUT2D eigenvalue weighted by molar-refractivity contribution is -0.172. The third kappa shape index (κ3) is 6.87. The Morgan fingerprint density at radius 3 is 1.30 bits per heavy atom. The molecule has 8 N–H and O–H groups in total. The zero-order valence-electron chi connectivity index (χ0n) is 36.5. The van der Waals surface area contributed by atoms with Gasteiger partial charge in [0.1, 0.15) is 18.2 Å². The van der Waals surface area contributed by atoms with Gasteiger partial charge in [-0.25, -0.2) is 32.3 Å². The summed E-state index contributed by atoms with van der Waals surface area (Å²) in [5.41, 5.74) is 18.4. The van der Waals surface area contributed by atoms with Gasteiger partial charge in [0.2, 0.25) is 22.9 Å². The quantitative estimate of drug-likeness (QED) is 0.139. The smallest absolute Gasteiger partial charge is 0.375 e. The molecular formula is C46H54F3N7O8. The lowest BCUT2D eigenvalue weighted by Gasteiger charge is -2.57. The number of ether oxygens (including phenoxy) is 2. The summed E-state index contributed by atoms with van der Waals surface area (Å²) in [5, 5.41) is 0. The lowest BCUT2D eigenvalue weighted by atomic mass is 9.58. The van der Waals surface area contributed by atoms with Gasteiger partial charge in [0.05, 0.1) is 12.3 Å². The molecule has 2 fully saturated rings. The summed E-state index contributed by atoms with van der Waals surface area (Å²) in [4.78, 5) is 87.7. The van der Waals surface area contributed by atoms with Crippen LogP contribution in [0.2, 0.25) is 0 Å². The van der Waals surface area contributed by atoms with Crippen LogP contribution in [-0.2, 0) is 41.5 Å². The Labute approximate surface area is 368 Å². The van der Waals surface area contributed by atoms with Crippen molar-refractivity contribution in [3.05, 3.63) is 99.9 Å². The number of rotatable bonds is 13. The first kappa shape index (κ1) is 46.0. The van der Waals surface area contributed by atoms with Crippen molar-refractivity contribution >= 4 is 41.6 Å². The van der Waals surface area contributed by atoms with Crippen molar-refractivity contribution in [3.63, 3.8) is 0 Å². The van der Waals surface area contributed by atoms with Crippen LogP contribution in [0.25, 0.3) is 0 Å². The van der Waals surface area contributed by atoms with E-state index in [4.69, 9.17) is 32.4 Å². The SMILES string of the molecule is Cc1c(F)ccc(N(C2C[C@@H](F)CN2[C@@](C(N)=O)(C(=O)OC(N)=O)C(C)(C)C2Cc3ccc2cc3)C2C[C@@H](F)CN2[C@@](C(N)=O)(C(=O)OC(N)=O)C(C)(C)C2Cc3ccc2cc3)c1C. The number of fused-ring (bicyclic) bond motifs is 6. The van der Waals surface area contributed by atoms with E-state index in [0.29, 0.717) is 24.0 Å². The number of likely N-dealkylation sites (tertiary alicyclic amines) is 2. The number of nitrogens with two attached hydrogens (primary N) is 4. The van der Waals surface area contributed by atoms with E-state index in [1.54, 1.807) is 58.9 Å². The average molecular weight is 890 g/mol. The molecule has 2 aliphatic heterocycles. The van der Waals surface area contributed by atoms with Crippen LogP contribution in [-0.4, -0.2) is 94.6 Å². The largest absolute Gasteiger partial charge is 0.412 e. The molecule has 342 valence electrons. The van der Waals surface area contributed by atoms with Gasteiger partial charge in [0, 0.05) is 42.4 Å². The van der Waals surface area contributed by atoms with E-state index < -0.39 is 126 Å². The van der Waals surface area contributed by atoms with Crippen molar-refractivity contribution in [2.45, 2.75) is 115 Å². The molecular weight excluding hydrogens is 836 g/mol. The highest BCUT2D eigenvalue weighted by molar-refractivity contribution is 6.11. The standard InChI is InChI=1S/C46H54F3N7O8/c1-23-24(2)34(16-15-33(23)49)56(35-19-29(47)21-54(35)45(37(50)57,39(59)63-41(52)61)43(3,4)31-17-25-7-11-27(31)12-8-25)36-20-30(48)22-55(36)46(38(51)58,40(60)64-42(53)62)44(5,6)32-18-26-9-13-28(32)14-10-26/h7-16,29-32,35-36H,17-22H2,1-6H3,(H2,50,57)(H2,51,58)(H2,52,61)(H2,53,62)/t29-,30-,31?,32?,35?,36?,45+,46+/m1/s1. The number of primary amides is 4. The first-order chi connectivity index (χ1) is 29.9. The molecule has 3 aromatic carbocycles. The summed E-state index contributed by atoms with van der Waals surface area (Å²) >= 11 is 0. The molecule has 0 aromatic heterocycles. The number of esters is 2. The summed E-state index contributed by atoms with van der Waals surface area (Å²) in [7, 11) is 0. The first-order valence-corrected chi connectivity index (χ1v) is 21.1. The van der Waals surface area contributed by atoms with Gasteiger partial charge in [0.25, 0.3) is 0 Å². The van der Waals surface area contributed by atoms with Crippen molar-refractivity contribution in [2.75, 3.05) is 18.0 Å². The van der Waals surface area contributed by atoms with Crippen molar-refractivity contribution in [3.8, 4) is 0 Å². The van der Waals surface area contributed by atoms with Crippen molar-refractivity contribution in [1.29, 1.82) is 0 Å². The number of carbonyl (C=O) groups excluding carboxylic acids is 6. The molecule has 4 bridgehead atoms. The number of hydrogen-bond acceptors (Lipinski definition) is 11. The Balaban J connectivity index is 1.51. The van der Waals surface area contributed by atoms with Crippen LogP contribution in [0.4, 0.5) is 28.4 Å². The molecule has 0 saturated carbocycles. The molecule has 4 amide bonds. The second-order valence-electron chi connectivity index (χ2n) is 18.7. The average Bonchev–Trinajstić information content (AvgIpc) is 3.79. The van der Waals surface area contributed by atoms with Gasteiger partial charge in [-0.05, 0) is 84.0 Å². The Morgan fingerprint density at radius 2 is 0.984 bits per heavy atom. The van der Waals surface area contributed by atoms with Crippen LogP contribution in [0.3, 0.4) is 0 Å². The van der Waals surface area contributed by atoms with Gasteiger partial charge >= 0.3 is 24.1 Å². The zero-order chi connectivity index (χ0) is 47.0. The number of nitrogens with zero attached hydrogens (tertiary/aromatic N) is 3. The third-order valence-corrected chi connectivity index (χ3v) is 14.9. The van der Waals surface area contributed by atoms with Crippen LogP contribution in [0.15, 0.2) is 60.7 Å². The van der Waals surface area contributed by atoms with E-state index >= 15 is 13.2 Å². The molecule has 6 aliphatic rings. The summed E-state index contributed by atoms with van der Waals surface area (Å²) in [6.07, 6.45) is -10.4. The number of alkyl halides is 2. The molecule has 3 aromatic rings. The summed E-state index contributed by atoms with van der Waals surface area (Å²) in [6, 6.07) is 17.2. The first-order valence-electron chi connectivity index (χ1n) is 21.1. The monoisotopic (exact) mass is 889 g/mol. The minimum absolute atomic E-state index is 0.116. The van der Waals surface area contributed by atoms with Gasteiger partial charge in [-0.1, -0.05) is 76.2 Å². The van der Waals surface area contributed by atoms with Crippen LogP contribution in [0.5, 0.6) is 0 Å². The second kappa shape index (κ2) is 16.2. The zero-order valence-corrected chi connectivity index (χ0v) is 36.5. The van der Waals surface area contributed by atoms with E-state index in [9.17, 15) is 28.8 Å². The molecule has 9 rings (SSSR count). The topological polar surface area (TPSA) is 235 Å². The van der Waals surface area contributed by atoms with E-state index in [1.165, 1.54) is 27.7 Å². The fourth-order valence-electron chi connectivity index (χ4n) is 11.6. The molecule has 8 atom stereocenters. The van der Waals surface area contributed by atoms with E-state index in [1.807, 2.05) is 24.3 Å². The molecule has 64 heavy (non-hydrogen) atoms. The summed E-state index contributed by atoms with van der Waals surface area (Å²) in [6.45, 7) is 7.92. The van der Waals surface area contributed by atoms with Crippen molar-refractivity contribution in [1.82, 2.24) is 9.80 Å². The number of carbonyl (C=O) groups is 6.